The Morgan fingerprint density at radius 2 is 2.18 bits per heavy atom. The third-order valence-corrected chi connectivity index (χ3v) is 3.44. The number of aliphatic carboxylic acids is 1. The molecule has 1 aromatic rings. The third-order valence-electron chi connectivity index (χ3n) is 3.44. The molecular formula is C15H23N3O4. The number of nitrogens with zero attached hydrogens (tertiary/aromatic N) is 3. The Bertz CT molecular complexity index is 547. The molecule has 1 N–H and O–H groups in total. The summed E-state index contributed by atoms with van der Waals surface area (Å²) >= 11 is 0. The van der Waals surface area contributed by atoms with Crippen LogP contribution in [0.3, 0.4) is 0 Å². The van der Waals surface area contributed by atoms with Crippen LogP contribution < -0.4 is 0 Å². The third kappa shape index (κ3) is 4.22. The number of ether oxygens (including phenoxy) is 1. The van der Waals surface area contributed by atoms with Gasteiger partial charge < -0.3 is 9.84 Å². The summed E-state index contributed by atoms with van der Waals surface area (Å²) in [4.78, 5) is 24.5. The van der Waals surface area contributed by atoms with Crippen LogP contribution in [0.5, 0.6) is 0 Å². The van der Waals surface area contributed by atoms with E-state index >= 15 is 0 Å². The maximum atomic E-state index is 12.3. The lowest BCUT2D eigenvalue weighted by molar-refractivity contribution is -0.136. The molecule has 2 heterocycles. The first kappa shape index (κ1) is 16.3. The molecule has 0 saturated carbocycles. The Morgan fingerprint density at radius 1 is 1.45 bits per heavy atom. The standard InChI is InChI=1S/C15H23N3O4/c1-15(2,3)22-14(21)17-8-4-5-12(17)18-10-11(9-16-18)6-7-13(19)20/h9-10,12H,4-8H2,1-3H3,(H,19,20). The van der Waals surface area contributed by atoms with E-state index in [0.29, 0.717) is 13.0 Å². The summed E-state index contributed by atoms with van der Waals surface area (Å²) in [6.07, 6.45) is 5.21. The topological polar surface area (TPSA) is 84.7 Å². The number of hydrogen-bond acceptors (Lipinski definition) is 4. The van der Waals surface area contributed by atoms with Crippen molar-refractivity contribution in [3.05, 3.63) is 18.0 Å². The van der Waals surface area contributed by atoms with Crippen molar-refractivity contribution in [1.82, 2.24) is 14.7 Å². The van der Waals surface area contributed by atoms with Crippen LogP contribution in [0.15, 0.2) is 12.4 Å². The number of likely N-dealkylation sites (tertiary alicyclic amines) is 1. The van der Waals surface area contributed by atoms with Gasteiger partial charge in [0.25, 0.3) is 0 Å². The van der Waals surface area contributed by atoms with E-state index in [1.807, 2.05) is 27.0 Å². The van der Waals surface area contributed by atoms with Crippen LogP contribution in [0, 0.1) is 0 Å². The van der Waals surface area contributed by atoms with E-state index in [1.165, 1.54) is 0 Å². The molecule has 1 unspecified atom stereocenters. The van der Waals surface area contributed by atoms with Crippen LogP contribution in [0.25, 0.3) is 0 Å². The number of amides is 1. The summed E-state index contributed by atoms with van der Waals surface area (Å²) in [6.45, 7) is 6.17. The van der Waals surface area contributed by atoms with Gasteiger partial charge in [-0.1, -0.05) is 0 Å². The summed E-state index contributed by atoms with van der Waals surface area (Å²) in [6, 6.07) is 0. The lowest BCUT2D eigenvalue weighted by Crippen LogP contribution is -2.38. The lowest BCUT2D eigenvalue weighted by atomic mass is 10.2. The van der Waals surface area contributed by atoms with Crippen molar-refractivity contribution in [3.8, 4) is 0 Å². The van der Waals surface area contributed by atoms with E-state index in [0.717, 1.165) is 18.4 Å². The molecule has 7 heteroatoms. The molecule has 1 aliphatic heterocycles. The van der Waals surface area contributed by atoms with Crippen molar-refractivity contribution in [1.29, 1.82) is 0 Å². The summed E-state index contributed by atoms with van der Waals surface area (Å²) in [5.74, 6) is -0.830. The van der Waals surface area contributed by atoms with Gasteiger partial charge >= 0.3 is 12.1 Å². The molecule has 0 aliphatic carbocycles. The van der Waals surface area contributed by atoms with Crippen LogP contribution in [0.2, 0.25) is 0 Å². The van der Waals surface area contributed by atoms with E-state index in [2.05, 4.69) is 5.10 Å². The molecule has 0 radical (unpaired) electrons. The fourth-order valence-electron chi connectivity index (χ4n) is 2.48. The van der Waals surface area contributed by atoms with Crippen LogP contribution in [0.4, 0.5) is 4.79 Å². The molecule has 1 aliphatic rings. The molecule has 0 aromatic carbocycles. The Kier molecular flexibility index (Phi) is 4.73. The van der Waals surface area contributed by atoms with Crippen molar-refractivity contribution < 1.29 is 19.4 Å². The van der Waals surface area contributed by atoms with Crippen LogP contribution >= 0.6 is 0 Å². The zero-order valence-corrected chi connectivity index (χ0v) is 13.3. The zero-order chi connectivity index (χ0) is 16.3. The highest BCUT2D eigenvalue weighted by molar-refractivity contribution is 5.68. The maximum absolute atomic E-state index is 12.3. The predicted molar refractivity (Wildman–Crippen MR) is 79.4 cm³/mol. The van der Waals surface area contributed by atoms with Gasteiger partial charge in [-0.05, 0) is 45.6 Å². The first-order chi connectivity index (χ1) is 10.3. The first-order valence-electron chi connectivity index (χ1n) is 7.51. The number of rotatable bonds is 4. The highest BCUT2D eigenvalue weighted by Gasteiger charge is 2.33. The molecule has 22 heavy (non-hydrogen) atoms. The lowest BCUT2D eigenvalue weighted by Gasteiger charge is -2.28. The van der Waals surface area contributed by atoms with Gasteiger partial charge in [0.1, 0.15) is 11.8 Å². The number of aryl methyl sites for hydroxylation is 1. The summed E-state index contributed by atoms with van der Waals surface area (Å²) in [7, 11) is 0. The molecule has 2 rings (SSSR count). The minimum absolute atomic E-state index is 0.0755. The largest absolute Gasteiger partial charge is 0.481 e. The minimum atomic E-state index is -0.830. The molecular weight excluding hydrogens is 286 g/mol. The molecule has 122 valence electrons. The van der Waals surface area contributed by atoms with E-state index < -0.39 is 11.6 Å². The van der Waals surface area contributed by atoms with Gasteiger partial charge in [0, 0.05) is 19.2 Å². The SMILES string of the molecule is CC(C)(C)OC(=O)N1CCCC1n1cc(CCC(=O)O)cn1. The number of carboxylic acids is 1. The first-order valence-corrected chi connectivity index (χ1v) is 7.51. The molecule has 7 nitrogen and oxygen atoms in total. The number of hydrogen-bond donors (Lipinski definition) is 1. The van der Waals surface area contributed by atoms with Gasteiger partial charge in [0.05, 0.1) is 6.20 Å². The van der Waals surface area contributed by atoms with E-state index in [9.17, 15) is 9.59 Å². The Labute approximate surface area is 129 Å². The van der Waals surface area contributed by atoms with E-state index in [-0.39, 0.29) is 18.7 Å². The monoisotopic (exact) mass is 309 g/mol. The molecule has 1 saturated heterocycles. The fraction of sp³-hybridized carbons (Fsp3) is 0.667. The Balaban J connectivity index is 2.04. The predicted octanol–water partition coefficient (Wildman–Crippen LogP) is 2.43. The molecule has 1 atom stereocenters. The zero-order valence-electron chi connectivity index (χ0n) is 13.3. The van der Waals surface area contributed by atoms with Crippen molar-refractivity contribution in [2.75, 3.05) is 6.54 Å². The summed E-state index contributed by atoms with van der Waals surface area (Å²) in [5.41, 5.74) is 0.333. The highest BCUT2D eigenvalue weighted by Crippen LogP contribution is 2.28. The van der Waals surface area contributed by atoms with Crippen LogP contribution in [-0.2, 0) is 16.0 Å². The van der Waals surface area contributed by atoms with Gasteiger partial charge in [0.15, 0.2) is 0 Å². The Hall–Kier alpha value is -2.05. The smallest absolute Gasteiger partial charge is 0.411 e. The number of carbonyl (C=O) groups excluding carboxylic acids is 1. The average molecular weight is 309 g/mol. The van der Waals surface area contributed by atoms with Gasteiger partial charge in [-0.3, -0.25) is 9.69 Å². The van der Waals surface area contributed by atoms with Crippen LogP contribution in [-0.4, -0.2) is 44.0 Å². The summed E-state index contributed by atoms with van der Waals surface area (Å²) in [5, 5.41) is 13.0. The Morgan fingerprint density at radius 3 is 2.82 bits per heavy atom. The number of carbonyl (C=O) groups is 2. The molecule has 0 spiro atoms. The maximum Gasteiger partial charge on any atom is 0.411 e. The van der Waals surface area contributed by atoms with Gasteiger partial charge in [-0.25, -0.2) is 9.48 Å². The molecule has 0 bridgehead atoms. The quantitative estimate of drug-likeness (QED) is 0.923. The van der Waals surface area contributed by atoms with Gasteiger partial charge in [0.2, 0.25) is 0 Å². The second kappa shape index (κ2) is 6.37. The van der Waals surface area contributed by atoms with Crippen molar-refractivity contribution in [2.45, 2.75) is 58.2 Å². The van der Waals surface area contributed by atoms with Gasteiger partial charge in [-0.2, -0.15) is 5.10 Å². The van der Waals surface area contributed by atoms with Gasteiger partial charge in [-0.15, -0.1) is 0 Å². The van der Waals surface area contributed by atoms with Crippen molar-refractivity contribution in [2.24, 2.45) is 0 Å². The molecule has 1 fully saturated rings. The summed E-state index contributed by atoms with van der Waals surface area (Å²) < 4.78 is 7.16. The molecule has 1 amide bonds. The second-order valence-electron chi connectivity index (χ2n) is 6.52. The normalized spacial score (nSPS) is 18.5. The molecule has 1 aromatic heterocycles. The number of aromatic nitrogens is 2. The highest BCUT2D eigenvalue weighted by atomic mass is 16.6. The fourth-order valence-corrected chi connectivity index (χ4v) is 2.48. The van der Waals surface area contributed by atoms with Crippen LogP contribution in [0.1, 0.15) is 51.8 Å². The average Bonchev–Trinajstić information content (AvgIpc) is 3.03. The van der Waals surface area contributed by atoms with Crippen molar-refractivity contribution >= 4 is 12.1 Å². The minimum Gasteiger partial charge on any atom is -0.481 e. The van der Waals surface area contributed by atoms with E-state index in [4.69, 9.17) is 9.84 Å². The van der Waals surface area contributed by atoms with Crippen molar-refractivity contribution in [3.63, 3.8) is 0 Å². The second-order valence-corrected chi connectivity index (χ2v) is 6.52. The van der Waals surface area contributed by atoms with E-state index in [1.54, 1.807) is 15.8 Å². The number of carboxylic acid groups (broad SMARTS) is 1.